The molecule has 0 fully saturated rings. The highest BCUT2D eigenvalue weighted by atomic mass is 127. The van der Waals surface area contributed by atoms with E-state index in [1.54, 1.807) is 0 Å². The lowest BCUT2D eigenvalue weighted by Gasteiger charge is -2.15. The molecular formula is C64H40IN7. The summed E-state index contributed by atoms with van der Waals surface area (Å²) >= 11 is 2.26. The first-order chi connectivity index (χ1) is 35.5. The second-order valence-electron chi connectivity index (χ2n) is 17.9. The molecule has 9 aromatic carbocycles. The van der Waals surface area contributed by atoms with Crippen molar-refractivity contribution in [3.63, 3.8) is 0 Å². The fraction of sp³-hybridized carbons (Fsp3) is 0.0156. The van der Waals surface area contributed by atoms with Crippen molar-refractivity contribution in [1.29, 1.82) is 0 Å². The van der Waals surface area contributed by atoms with Gasteiger partial charge in [-0.1, -0.05) is 170 Å². The van der Waals surface area contributed by atoms with E-state index in [1.165, 1.54) is 21.5 Å². The van der Waals surface area contributed by atoms with Crippen LogP contribution in [0.25, 0.3) is 133 Å². The van der Waals surface area contributed by atoms with Gasteiger partial charge in [0.2, 0.25) is 0 Å². The van der Waals surface area contributed by atoms with Gasteiger partial charge in [-0.15, -0.1) is 0 Å². The van der Waals surface area contributed by atoms with E-state index in [0.717, 1.165) is 98.0 Å². The summed E-state index contributed by atoms with van der Waals surface area (Å²) in [5, 5.41) is 6.95. The molecule has 0 aliphatic carbocycles. The van der Waals surface area contributed by atoms with Gasteiger partial charge in [0.15, 0.2) is 23.3 Å². The fourth-order valence-electron chi connectivity index (χ4n) is 9.88. The van der Waals surface area contributed by atoms with E-state index in [9.17, 15) is 0 Å². The molecule has 72 heavy (non-hydrogen) atoms. The molecule has 13 aromatic rings. The largest absolute Gasteiger partial charge is 0.256 e. The van der Waals surface area contributed by atoms with Crippen LogP contribution < -0.4 is 0 Å². The highest BCUT2D eigenvalue weighted by molar-refractivity contribution is 14.1. The molecule has 0 atom stereocenters. The maximum Gasteiger partial charge on any atom is 0.164 e. The van der Waals surface area contributed by atoms with E-state index in [4.69, 9.17) is 34.9 Å². The van der Waals surface area contributed by atoms with Gasteiger partial charge in [0.1, 0.15) is 3.70 Å². The number of para-hydroxylation sites is 2. The second-order valence-corrected chi connectivity index (χ2v) is 19.1. The third kappa shape index (κ3) is 8.11. The number of pyridine rings is 2. The average molecular weight is 1030 g/mol. The van der Waals surface area contributed by atoms with Crippen LogP contribution in [0.15, 0.2) is 225 Å². The Morgan fingerprint density at radius 2 is 0.736 bits per heavy atom. The number of fused-ring (bicyclic) bond motifs is 5. The number of rotatable bonds is 8. The average Bonchev–Trinajstić information content (AvgIpc) is 3.44. The maximum absolute atomic E-state index is 5.34. The van der Waals surface area contributed by atoms with Gasteiger partial charge >= 0.3 is 0 Å². The van der Waals surface area contributed by atoms with Crippen molar-refractivity contribution in [3.05, 3.63) is 234 Å². The summed E-state index contributed by atoms with van der Waals surface area (Å²) in [6, 6.07) is 74.4. The molecule has 0 aliphatic rings. The van der Waals surface area contributed by atoms with E-state index in [1.807, 2.05) is 37.5 Å². The van der Waals surface area contributed by atoms with Crippen molar-refractivity contribution in [3.8, 4) is 90.1 Å². The molecule has 338 valence electrons. The van der Waals surface area contributed by atoms with Crippen molar-refractivity contribution in [2.45, 2.75) is 6.92 Å². The summed E-state index contributed by atoms with van der Waals surface area (Å²) < 4.78 is 0.909. The number of aryl methyl sites for hydroxylation is 1. The third-order valence-corrected chi connectivity index (χ3v) is 13.9. The summed E-state index contributed by atoms with van der Waals surface area (Å²) in [4.78, 5) is 34.9. The van der Waals surface area contributed by atoms with Crippen LogP contribution in [-0.2, 0) is 0 Å². The van der Waals surface area contributed by atoms with Gasteiger partial charge in [-0.2, -0.15) is 0 Å². The van der Waals surface area contributed by atoms with Crippen LogP contribution in [0.3, 0.4) is 0 Å². The molecule has 0 N–H and O–H groups in total. The Kier molecular flexibility index (Phi) is 10.9. The van der Waals surface area contributed by atoms with Crippen LogP contribution in [0.1, 0.15) is 5.69 Å². The Labute approximate surface area is 429 Å². The molecule has 0 aliphatic heterocycles. The van der Waals surface area contributed by atoms with Gasteiger partial charge in [0.25, 0.3) is 0 Å². The lowest BCUT2D eigenvalue weighted by molar-refractivity contribution is 1.07. The van der Waals surface area contributed by atoms with E-state index in [0.29, 0.717) is 23.3 Å². The number of nitrogens with zero attached hydrogens (tertiary/aromatic N) is 7. The van der Waals surface area contributed by atoms with Crippen LogP contribution >= 0.6 is 22.6 Å². The van der Waals surface area contributed by atoms with E-state index < -0.39 is 0 Å². The highest BCUT2D eigenvalue weighted by Crippen LogP contribution is 2.40. The summed E-state index contributed by atoms with van der Waals surface area (Å²) in [5.41, 5.74) is 14.9. The molecule has 0 amide bonds. The van der Waals surface area contributed by atoms with Crippen LogP contribution in [-0.4, -0.2) is 34.9 Å². The Morgan fingerprint density at radius 1 is 0.292 bits per heavy atom. The molecule has 4 heterocycles. The van der Waals surface area contributed by atoms with Gasteiger partial charge in [0.05, 0.1) is 11.0 Å². The number of hydrogen-bond donors (Lipinski definition) is 0. The first-order valence-corrected chi connectivity index (χ1v) is 24.9. The summed E-state index contributed by atoms with van der Waals surface area (Å²) in [7, 11) is 0. The monoisotopic (exact) mass is 1030 g/mol. The minimum absolute atomic E-state index is 0.562. The zero-order chi connectivity index (χ0) is 48.1. The van der Waals surface area contributed by atoms with Crippen molar-refractivity contribution in [1.82, 2.24) is 34.9 Å². The zero-order valence-corrected chi connectivity index (χ0v) is 41.0. The number of benzene rings is 9. The summed E-state index contributed by atoms with van der Waals surface area (Å²) in [6.07, 6.45) is 3.69. The Bertz CT molecular complexity index is 4060. The van der Waals surface area contributed by atoms with Crippen LogP contribution in [0.2, 0.25) is 0 Å². The molecular weight excluding hydrogens is 994 g/mol. The number of halogens is 1. The topological polar surface area (TPSA) is 90.2 Å². The zero-order valence-electron chi connectivity index (χ0n) is 38.9. The molecule has 4 aromatic heterocycles. The van der Waals surface area contributed by atoms with Crippen molar-refractivity contribution < 1.29 is 0 Å². The number of hydrogen-bond acceptors (Lipinski definition) is 7. The lowest BCUT2D eigenvalue weighted by Crippen LogP contribution is -2.01. The lowest BCUT2D eigenvalue weighted by atomic mass is 9.90. The van der Waals surface area contributed by atoms with E-state index in [2.05, 4.69) is 217 Å². The van der Waals surface area contributed by atoms with Crippen molar-refractivity contribution in [2.24, 2.45) is 0 Å². The maximum atomic E-state index is 5.34. The standard InChI is InChI=1S/C64H40IN7/c1-39-34-58(65)69-61(68-39)45-26-20-40(21-27-45)49-35-50(57-38-48-10-2-3-15-52(48)55-16-4-5-17-56(55)57)37-51(36-49)64-71-62(46-28-22-41(23-29-46)53-18-6-11-43-13-8-32-66-59(43)53)70-63(72-64)47-30-24-42(25-31-47)54-19-7-12-44-14-9-33-67-60(44)54/h2-38H,1H3. The van der Waals surface area contributed by atoms with Crippen molar-refractivity contribution in [2.75, 3.05) is 0 Å². The molecule has 0 saturated heterocycles. The molecule has 0 unspecified atom stereocenters. The first kappa shape index (κ1) is 43.2. The molecule has 0 spiro atoms. The minimum atomic E-state index is 0.562. The molecule has 0 bridgehead atoms. The van der Waals surface area contributed by atoms with Gasteiger partial charge in [-0.3, -0.25) is 9.97 Å². The van der Waals surface area contributed by atoms with Gasteiger partial charge in [0, 0.05) is 62.2 Å². The van der Waals surface area contributed by atoms with Crippen LogP contribution in [0.4, 0.5) is 0 Å². The molecule has 0 radical (unpaired) electrons. The second kappa shape index (κ2) is 18.1. The van der Waals surface area contributed by atoms with Gasteiger partial charge in [-0.25, -0.2) is 24.9 Å². The predicted octanol–water partition coefficient (Wildman–Crippen LogP) is 16.3. The smallest absolute Gasteiger partial charge is 0.164 e. The molecule has 8 heteroatoms. The van der Waals surface area contributed by atoms with Crippen LogP contribution in [0.5, 0.6) is 0 Å². The molecule has 13 rings (SSSR count). The Hall–Kier alpha value is -8.86. The van der Waals surface area contributed by atoms with E-state index in [-0.39, 0.29) is 0 Å². The quantitative estimate of drug-likeness (QED) is 0.0851. The Morgan fingerprint density at radius 3 is 1.32 bits per heavy atom. The van der Waals surface area contributed by atoms with Gasteiger partial charge < -0.3 is 0 Å². The van der Waals surface area contributed by atoms with Gasteiger partial charge in [-0.05, 0) is 127 Å². The normalized spacial score (nSPS) is 11.5. The number of aromatic nitrogens is 7. The highest BCUT2D eigenvalue weighted by Gasteiger charge is 2.18. The Balaban J connectivity index is 0.993. The molecule has 0 saturated carbocycles. The third-order valence-electron chi connectivity index (χ3n) is 13.4. The summed E-state index contributed by atoms with van der Waals surface area (Å²) in [5.74, 6) is 2.41. The summed E-state index contributed by atoms with van der Waals surface area (Å²) in [6.45, 7) is 2.00. The van der Waals surface area contributed by atoms with Crippen molar-refractivity contribution >= 4 is 65.9 Å². The SMILES string of the molecule is Cc1cc(I)nc(-c2ccc(-c3cc(-c4nc(-c5ccc(-c6cccc7cccnc67)cc5)nc(-c5ccc(-c6cccc7cccnc67)cc5)n4)cc(-c4cc5ccccc5c5ccccc45)c3)cc2)n1. The predicted molar refractivity (Wildman–Crippen MR) is 302 cm³/mol. The minimum Gasteiger partial charge on any atom is -0.256 e. The first-order valence-electron chi connectivity index (χ1n) is 23.8. The van der Waals surface area contributed by atoms with E-state index >= 15 is 0 Å². The fourth-order valence-corrected chi connectivity index (χ4v) is 10.6. The van der Waals surface area contributed by atoms with Crippen LogP contribution in [0, 0.1) is 10.6 Å². The molecule has 7 nitrogen and oxygen atoms in total.